The van der Waals surface area contributed by atoms with Gasteiger partial charge in [-0.2, -0.15) is 0 Å². The van der Waals surface area contributed by atoms with Crippen molar-refractivity contribution in [1.82, 2.24) is 5.32 Å². The highest BCUT2D eigenvalue weighted by molar-refractivity contribution is 5.94. The summed E-state index contributed by atoms with van der Waals surface area (Å²) in [6, 6.07) is 13.5. The Morgan fingerprint density at radius 1 is 1.17 bits per heavy atom. The van der Waals surface area contributed by atoms with Crippen molar-refractivity contribution in [1.29, 1.82) is 0 Å². The van der Waals surface area contributed by atoms with E-state index in [9.17, 15) is 9.59 Å². The Hall–Kier alpha value is -2.82. The first-order valence-corrected chi connectivity index (χ1v) is 7.98. The normalized spacial score (nSPS) is 13.0. The standard InChI is InChI=1S/C19H20N2O3/c1-13-2-4-14(5-3-13)11-20-19(23)12-24-16-7-8-17-15(10-16)6-9-18(22)21-17/h2-5,7-8,10H,6,9,11-12H2,1H3,(H,20,23)(H,21,22). The number of nitrogens with one attached hydrogen (secondary N) is 2. The van der Waals surface area contributed by atoms with Gasteiger partial charge in [-0.1, -0.05) is 29.8 Å². The van der Waals surface area contributed by atoms with Gasteiger partial charge in [0.1, 0.15) is 5.75 Å². The van der Waals surface area contributed by atoms with E-state index in [1.54, 1.807) is 6.07 Å². The summed E-state index contributed by atoms with van der Waals surface area (Å²) in [6.07, 6.45) is 1.17. The van der Waals surface area contributed by atoms with Crippen molar-refractivity contribution >= 4 is 17.5 Å². The minimum absolute atomic E-state index is 0.0307. The lowest BCUT2D eigenvalue weighted by Crippen LogP contribution is -2.28. The van der Waals surface area contributed by atoms with Crippen LogP contribution in [0.3, 0.4) is 0 Å². The second kappa shape index (κ2) is 7.17. The fourth-order valence-corrected chi connectivity index (χ4v) is 2.56. The lowest BCUT2D eigenvalue weighted by atomic mass is 10.0. The average Bonchev–Trinajstić information content (AvgIpc) is 2.59. The van der Waals surface area contributed by atoms with Crippen LogP contribution in [-0.4, -0.2) is 18.4 Å². The largest absolute Gasteiger partial charge is 0.484 e. The molecule has 0 radical (unpaired) electrons. The highest BCUT2D eigenvalue weighted by Gasteiger charge is 2.15. The van der Waals surface area contributed by atoms with E-state index in [0.717, 1.165) is 16.8 Å². The number of fused-ring (bicyclic) bond motifs is 1. The van der Waals surface area contributed by atoms with E-state index in [2.05, 4.69) is 10.6 Å². The Balaban J connectivity index is 1.49. The van der Waals surface area contributed by atoms with Crippen LogP contribution in [0.15, 0.2) is 42.5 Å². The minimum atomic E-state index is -0.165. The first kappa shape index (κ1) is 16.1. The molecule has 5 heteroatoms. The highest BCUT2D eigenvalue weighted by atomic mass is 16.5. The molecule has 0 spiro atoms. The number of hydrogen-bond donors (Lipinski definition) is 2. The Bertz CT molecular complexity index is 754. The summed E-state index contributed by atoms with van der Waals surface area (Å²) in [7, 11) is 0. The number of amides is 2. The van der Waals surface area contributed by atoms with Crippen LogP contribution in [0.25, 0.3) is 0 Å². The molecule has 0 bridgehead atoms. The van der Waals surface area contributed by atoms with Crippen molar-refractivity contribution in [2.45, 2.75) is 26.3 Å². The van der Waals surface area contributed by atoms with Gasteiger partial charge in [-0.05, 0) is 42.7 Å². The summed E-state index contributed by atoms with van der Waals surface area (Å²) in [6.45, 7) is 2.48. The summed E-state index contributed by atoms with van der Waals surface area (Å²) in [4.78, 5) is 23.2. The zero-order chi connectivity index (χ0) is 16.9. The molecule has 2 amide bonds. The molecule has 1 aliphatic heterocycles. The molecule has 0 atom stereocenters. The first-order valence-electron chi connectivity index (χ1n) is 7.98. The number of carbonyl (C=O) groups is 2. The SMILES string of the molecule is Cc1ccc(CNC(=O)COc2ccc3c(c2)CCC(=O)N3)cc1. The van der Waals surface area contributed by atoms with E-state index in [1.807, 2.05) is 43.3 Å². The third-order valence-corrected chi connectivity index (χ3v) is 3.95. The molecule has 0 fully saturated rings. The average molecular weight is 324 g/mol. The molecule has 5 nitrogen and oxygen atoms in total. The van der Waals surface area contributed by atoms with E-state index in [1.165, 1.54) is 5.56 Å². The Kier molecular flexibility index (Phi) is 4.79. The van der Waals surface area contributed by atoms with Crippen LogP contribution in [-0.2, 0) is 22.6 Å². The predicted octanol–water partition coefficient (Wildman–Crippen LogP) is 2.57. The fraction of sp³-hybridized carbons (Fsp3) is 0.263. The number of hydrogen-bond acceptors (Lipinski definition) is 3. The van der Waals surface area contributed by atoms with Crippen LogP contribution >= 0.6 is 0 Å². The Morgan fingerprint density at radius 3 is 2.75 bits per heavy atom. The maximum absolute atomic E-state index is 11.9. The van der Waals surface area contributed by atoms with Gasteiger partial charge in [-0.15, -0.1) is 0 Å². The fourth-order valence-electron chi connectivity index (χ4n) is 2.56. The Morgan fingerprint density at radius 2 is 1.96 bits per heavy atom. The number of aryl methyl sites for hydroxylation is 2. The molecular weight excluding hydrogens is 304 g/mol. The van der Waals surface area contributed by atoms with Crippen molar-refractivity contribution < 1.29 is 14.3 Å². The first-order chi connectivity index (χ1) is 11.6. The second-order valence-electron chi connectivity index (χ2n) is 5.92. The maximum atomic E-state index is 11.9. The van der Waals surface area contributed by atoms with Gasteiger partial charge in [0.2, 0.25) is 5.91 Å². The molecule has 124 valence electrons. The number of anilines is 1. The van der Waals surface area contributed by atoms with Crippen LogP contribution in [0.1, 0.15) is 23.1 Å². The molecule has 1 heterocycles. The summed E-state index contributed by atoms with van der Waals surface area (Å²) < 4.78 is 5.54. The molecule has 3 rings (SSSR count). The van der Waals surface area contributed by atoms with Gasteiger partial charge >= 0.3 is 0 Å². The smallest absolute Gasteiger partial charge is 0.258 e. The van der Waals surface area contributed by atoms with E-state index < -0.39 is 0 Å². The van der Waals surface area contributed by atoms with Gasteiger partial charge in [0.25, 0.3) is 5.91 Å². The summed E-state index contributed by atoms with van der Waals surface area (Å²) in [5, 5.41) is 5.66. The zero-order valence-corrected chi connectivity index (χ0v) is 13.6. The van der Waals surface area contributed by atoms with Crippen LogP contribution < -0.4 is 15.4 Å². The van der Waals surface area contributed by atoms with Crippen LogP contribution in [0.4, 0.5) is 5.69 Å². The monoisotopic (exact) mass is 324 g/mol. The number of benzene rings is 2. The van der Waals surface area contributed by atoms with Crippen molar-refractivity contribution in [2.24, 2.45) is 0 Å². The lowest BCUT2D eigenvalue weighted by Gasteiger charge is -2.17. The second-order valence-corrected chi connectivity index (χ2v) is 5.92. The van der Waals surface area contributed by atoms with Gasteiger partial charge in [-0.3, -0.25) is 9.59 Å². The lowest BCUT2D eigenvalue weighted by molar-refractivity contribution is -0.123. The number of ether oxygens (including phenoxy) is 1. The third kappa shape index (κ3) is 4.13. The number of carbonyl (C=O) groups excluding carboxylic acids is 2. The molecule has 1 aliphatic rings. The summed E-state index contributed by atoms with van der Waals surface area (Å²) in [5.74, 6) is 0.503. The van der Waals surface area contributed by atoms with E-state index >= 15 is 0 Å². The van der Waals surface area contributed by atoms with Gasteiger partial charge in [-0.25, -0.2) is 0 Å². The van der Waals surface area contributed by atoms with E-state index in [0.29, 0.717) is 25.1 Å². The molecule has 2 aromatic carbocycles. The molecule has 0 saturated carbocycles. The minimum Gasteiger partial charge on any atom is -0.484 e. The molecular formula is C19H20N2O3. The molecule has 0 saturated heterocycles. The van der Waals surface area contributed by atoms with Crippen LogP contribution in [0, 0.1) is 6.92 Å². The quantitative estimate of drug-likeness (QED) is 0.888. The third-order valence-electron chi connectivity index (χ3n) is 3.95. The van der Waals surface area contributed by atoms with Crippen molar-refractivity contribution in [3.8, 4) is 5.75 Å². The Labute approximate surface area is 141 Å². The molecule has 2 aromatic rings. The van der Waals surface area contributed by atoms with Crippen LogP contribution in [0.5, 0.6) is 5.75 Å². The summed E-state index contributed by atoms with van der Waals surface area (Å²) in [5.41, 5.74) is 4.10. The van der Waals surface area contributed by atoms with Gasteiger partial charge in [0.15, 0.2) is 6.61 Å². The number of rotatable bonds is 5. The molecule has 0 unspecified atom stereocenters. The predicted molar refractivity (Wildman–Crippen MR) is 91.9 cm³/mol. The van der Waals surface area contributed by atoms with Crippen molar-refractivity contribution in [2.75, 3.05) is 11.9 Å². The highest BCUT2D eigenvalue weighted by Crippen LogP contribution is 2.26. The van der Waals surface area contributed by atoms with Gasteiger partial charge < -0.3 is 15.4 Å². The van der Waals surface area contributed by atoms with E-state index in [4.69, 9.17) is 4.74 Å². The molecule has 0 aromatic heterocycles. The topological polar surface area (TPSA) is 67.4 Å². The van der Waals surface area contributed by atoms with Gasteiger partial charge in [0, 0.05) is 18.7 Å². The molecule has 0 aliphatic carbocycles. The molecule has 24 heavy (non-hydrogen) atoms. The molecule has 2 N–H and O–H groups in total. The van der Waals surface area contributed by atoms with Crippen molar-refractivity contribution in [3.05, 3.63) is 59.2 Å². The van der Waals surface area contributed by atoms with Crippen molar-refractivity contribution in [3.63, 3.8) is 0 Å². The van der Waals surface area contributed by atoms with E-state index in [-0.39, 0.29) is 18.4 Å². The van der Waals surface area contributed by atoms with Gasteiger partial charge in [0.05, 0.1) is 0 Å². The maximum Gasteiger partial charge on any atom is 0.258 e. The zero-order valence-electron chi connectivity index (χ0n) is 13.6. The van der Waals surface area contributed by atoms with Crippen LogP contribution in [0.2, 0.25) is 0 Å². The summed E-state index contributed by atoms with van der Waals surface area (Å²) >= 11 is 0.